The Morgan fingerprint density at radius 3 is 2.51 bits per heavy atom. The summed E-state index contributed by atoms with van der Waals surface area (Å²) in [5.74, 6) is 2.19. The summed E-state index contributed by atoms with van der Waals surface area (Å²) in [5, 5.41) is 13.8. The third-order valence-corrected chi connectivity index (χ3v) is 8.79. The second-order valence-corrected chi connectivity index (χ2v) is 11.2. The third-order valence-electron chi connectivity index (χ3n) is 8.79. The zero-order chi connectivity index (χ0) is 26.1. The molecule has 1 aromatic carbocycles. The van der Waals surface area contributed by atoms with Crippen LogP contribution in [0.15, 0.2) is 60.5 Å². The molecule has 1 amide bonds. The number of likely N-dealkylation sites (tertiary alicyclic amines) is 1. The van der Waals surface area contributed by atoms with Crippen LogP contribution in [0.1, 0.15) is 37.0 Å². The molecule has 2 aliphatic carbocycles. The number of rotatable bonds is 8. The van der Waals surface area contributed by atoms with Gasteiger partial charge in [0.05, 0.1) is 12.3 Å². The molecule has 1 saturated carbocycles. The van der Waals surface area contributed by atoms with Gasteiger partial charge in [0, 0.05) is 67.5 Å². The van der Waals surface area contributed by atoms with E-state index in [2.05, 4.69) is 28.6 Å². The van der Waals surface area contributed by atoms with Gasteiger partial charge in [-0.3, -0.25) is 14.5 Å². The van der Waals surface area contributed by atoms with Gasteiger partial charge in [-0.25, -0.2) is 0 Å². The number of piperazine rings is 1. The van der Waals surface area contributed by atoms with Crippen LogP contribution in [0.2, 0.25) is 0 Å². The molecule has 3 fully saturated rings. The van der Waals surface area contributed by atoms with E-state index < -0.39 is 0 Å². The van der Waals surface area contributed by atoms with Crippen molar-refractivity contribution in [3.8, 4) is 0 Å². The topological polar surface area (TPSA) is 76.1 Å². The second kappa shape index (κ2) is 10.7. The first-order valence-electron chi connectivity index (χ1n) is 13.7. The van der Waals surface area contributed by atoms with E-state index in [1.54, 1.807) is 13.0 Å². The fourth-order valence-electron chi connectivity index (χ4n) is 6.28. The number of Topliss-reactive ketones (excluding diaryl/α,β-unsaturated/α-hetero) is 1. The van der Waals surface area contributed by atoms with Gasteiger partial charge in [-0.2, -0.15) is 0 Å². The molecule has 2 heterocycles. The van der Waals surface area contributed by atoms with Crippen molar-refractivity contribution in [1.29, 1.82) is 0 Å². The summed E-state index contributed by atoms with van der Waals surface area (Å²) in [6, 6.07) is 8.26. The van der Waals surface area contributed by atoms with Gasteiger partial charge in [-0.15, -0.1) is 6.58 Å². The average molecular weight is 505 g/mol. The standard InChI is InChI=1S/C30H40N4O3/c1-4-25-20(2)27(9-10-29(25)36)31-28-17-26(28)23-11-12-32(18-23)19-30(37)34-15-13-33(14-16-34)24-7-5-22(6-8-24)21(3)35/h4-10,20,23,25-26,28,31,36H,1,11-19H2,2-3H3/t20?,23-,25?,26?,28?/m1/s1. The number of carbonyl (C=O) groups is 2. The highest BCUT2D eigenvalue weighted by atomic mass is 16.3. The molecule has 4 unspecified atom stereocenters. The molecule has 37 heavy (non-hydrogen) atoms. The first-order chi connectivity index (χ1) is 17.8. The molecular weight excluding hydrogens is 464 g/mol. The summed E-state index contributed by atoms with van der Waals surface area (Å²) in [6.07, 6.45) is 7.97. The van der Waals surface area contributed by atoms with E-state index >= 15 is 0 Å². The molecule has 2 aliphatic heterocycles. The van der Waals surface area contributed by atoms with Crippen molar-refractivity contribution in [2.24, 2.45) is 23.7 Å². The summed E-state index contributed by atoms with van der Waals surface area (Å²) in [4.78, 5) is 31.2. The van der Waals surface area contributed by atoms with Crippen LogP contribution in [-0.2, 0) is 4.79 Å². The molecule has 198 valence electrons. The third kappa shape index (κ3) is 5.61. The highest BCUT2D eigenvalue weighted by molar-refractivity contribution is 5.94. The first kappa shape index (κ1) is 25.6. The molecular formula is C30H40N4O3. The van der Waals surface area contributed by atoms with Gasteiger partial charge in [0.25, 0.3) is 0 Å². The lowest BCUT2D eigenvalue weighted by atomic mass is 9.85. The number of aliphatic hydroxyl groups excluding tert-OH is 1. The van der Waals surface area contributed by atoms with Gasteiger partial charge in [-0.1, -0.05) is 13.0 Å². The summed E-state index contributed by atoms with van der Waals surface area (Å²) in [6.45, 7) is 13.2. The zero-order valence-electron chi connectivity index (χ0n) is 22.1. The molecule has 4 aliphatic rings. The molecule has 0 aromatic heterocycles. The predicted octanol–water partition coefficient (Wildman–Crippen LogP) is 3.62. The average Bonchev–Trinajstić information content (AvgIpc) is 3.52. The largest absolute Gasteiger partial charge is 0.512 e. The number of nitrogens with zero attached hydrogens (tertiary/aromatic N) is 3. The molecule has 0 radical (unpaired) electrons. The van der Waals surface area contributed by atoms with Gasteiger partial charge in [0.15, 0.2) is 5.78 Å². The number of carbonyl (C=O) groups excluding carboxylic acids is 2. The molecule has 7 nitrogen and oxygen atoms in total. The maximum absolute atomic E-state index is 13.0. The minimum atomic E-state index is -0.0215. The number of allylic oxidation sites excluding steroid dienone is 4. The van der Waals surface area contributed by atoms with Gasteiger partial charge in [0.1, 0.15) is 0 Å². The van der Waals surface area contributed by atoms with Crippen molar-refractivity contribution in [3.63, 3.8) is 0 Å². The van der Waals surface area contributed by atoms with Crippen molar-refractivity contribution >= 4 is 17.4 Å². The first-order valence-corrected chi connectivity index (χ1v) is 13.7. The number of ketones is 1. The monoisotopic (exact) mass is 504 g/mol. The van der Waals surface area contributed by atoms with Gasteiger partial charge in [0.2, 0.25) is 5.91 Å². The van der Waals surface area contributed by atoms with Gasteiger partial charge >= 0.3 is 0 Å². The van der Waals surface area contributed by atoms with Gasteiger partial charge in [-0.05, 0) is 74.6 Å². The van der Waals surface area contributed by atoms with Crippen LogP contribution < -0.4 is 10.2 Å². The number of anilines is 1. The van der Waals surface area contributed by atoms with E-state index in [4.69, 9.17) is 0 Å². The van der Waals surface area contributed by atoms with Crippen LogP contribution in [0.5, 0.6) is 0 Å². The predicted molar refractivity (Wildman–Crippen MR) is 146 cm³/mol. The van der Waals surface area contributed by atoms with Crippen molar-refractivity contribution in [2.45, 2.75) is 32.7 Å². The number of amides is 1. The Balaban J connectivity index is 1.05. The molecule has 7 heteroatoms. The summed E-state index contributed by atoms with van der Waals surface area (Å²) in [5.41, 5.74) is 3.03. The lowest BCUT2D eigenvalue weighted by Gasteiger charge is -2.36. The zero-order valence-corrected chi connectivity index (χ0v) is 22.1. The number of benzene rings is 1. The van der Waals surface area contributed by atoms with Crippen LogP contribution in [0, 0.1) is 23.7 Å². The van der Waals surface area contributed by atoms with E-state index in [1.165, 1.54) is 12.1 Å². The van der Waals surface area contributed by atoms with E-state index in [0.29, 0.717) is 30.2 Å². The van der Waals surface area contributed by atoms with Crippen LogP contribution in [-0.4, -0.2) is 78.5 Å². The molecule has 1 aromatic rings. The van der Waals surface area contributed by atoms with Crippen molar-refractivity contribution in [3.05, 3.63) is 66.1 Å². The Kier molecular flexibility index (Phi) is 7.43. The molecule has 0 spiro atoms. The van der Waals surface area contributed by atoms with Gasteiger partial charge < -0.3 is 20.2 Å². The van der Waals surface area contributed by atoms with E-state index in [9.17, 15) is 14.7 Å². The van der Waals surface area contributed by atoms with E-state index in [-0.39, 0.29) is 23.5 Å². The maximum atomic E-state index is 13.0. The summed E-state index contributed by atoms with van der Waals surface area (Å²) in [7, 11) is 0. The maximum Gasteiger partial charge on any atom is 0.236 e. The Hall–Kier alpha value is -3.06. The lowest BCUT2D eigenvalue weighted by molar-refractivity contribution is -0.132. The normalized spacial score (nSPS) is 29.9. The minimum absolute atomic E-state index is 0.0215. The minimum Gasteiger partial charge on any atom is -0.512 e. The second-order valence-electron chi connectivity index (χ2n) is 11.2. The molecule has 2 N–H and O–H groups in total. The van der Waals surface area contributed by atoms with Crippen molar-refractivity contribution in [2.75, 3.05) is 50.7 Å². The van der Waals surface area contributed by atoms with Crippen LogP contribution in [0.25, 0.3) is 0 Å². The summed E-state index contributed by atoms with van der Waals surface area (Å²) >= 11 is 0. The molecule has 0 bridgehead atoms. The Morgan fingerprint density at radius 2 is 1.84 bits per heavy atom. The number of hydrogen-bond donors (Lipinski definition) is 2. The number of nitrogens with one attached hydrogen (secondary N) is 1. The van der Waals surface area contributed by atoms with E-state index in [0.717, 1.165) is 56.9 Å². The van der Waals surface area contributed by atoms with Crippen LogP contribution in [0.3, 0.4) is 0 Å². The fraction of sp³-hybridized carbons (Fsp3) is 0.533. The number of hydrogen-bond acceptors (Lipinski definition) is 6. The quantitative estimate of drug-likeness (QED) is 0.416. The highest BCUT2D eigenvalue weighted by Crippen LogP contribution is 2.43. The van der Waals surface area contributed by atoms with Crippen LogP contribution >= 0.6 is 0 Å². The van der Waals surface area contributed by atoms with E-state index in [1.807, 2.05) is 41.3 Å². The fourth-order valence-corrected chi connectivity index (χ4v) is 6.28. The summed E-state index contributed by atoms with van der Waals surface area (Å²) < 4.78 is 0. The van der Waals surface area contributed by atoms with Crippen molar-refractivity contribution < 1.29 is 14.7 Å². The molecule has 5 atom stereocenters. The van der Waals surface area contributed by atoms with Crippen LogP contribution in [0.4, 0.5) is 5.69 Å². The molecule has 5 rings (SSSR count). The smallest absolute Gasteiger partial charge is 0.236 e. The lowest BCUT2D eigenvalue weighted by Crippen LogP contribution is -2.51. The SMILES string of the molecule is C=CC1C(O)=CC=C(NC2CC2[C@@H]2CCN(CC(=O)N3CCN(c4ccc(C(C)=O)cc4)CC3)C2)C1C. The van der Waals surface area contributed by atoms with Crippen molar-refractivity contribution in [1.82, 2.24) is 15.1 Å². The highest BCUT2D eigenvalue weighted by Gasteiger charge is 2.46. The Bertz CT molecular complexity index is 1090. The Labute approximate surface area is 220 Å². The number of aliphatic hydroxyl groups is 1. The molecule has 2 saturated heterocycles. The Morgan fingerprint density at radius 1 is 1.11 bits per heavy atom.